The summed E-state index contributed by atoms with van der Waals surface area (Å²) in [7, 11) is -4.48. The highest BCUT2D eigenvalue weighted by Gasteiger charge is 2.18. The Balaban J connectivity index is 3.10. The molecule has 0 saturated carbocycles. The van der Waals surface area contributed by atoms with Gasteiger partial charge >= 0.3 is 0 Å². The molecule has 0 aliphatic carbocycles. The Morgan fingerprint density at radius 1 is 1.37 bits per heavy atom. The zero-order valence-corrected chi connectivity index (χ0v) is 12.0. The highest BCUT2D eigenvalue weighted by molar-refractivity contribution is 7.86. The Hall–Kier alpha value is -1.15. The van der Waals surface area contributed by atoms with Gasteiger partial charge < -0.3 is 10.7 Å². The Labute approximate surface area is 120 Å². The third-order valence-corrected chi connectivity index (χ3v) is 3.63. The molecule has 1 rings (SSSR count). The van der Waals surface area contributed by atoms with Crippen LogP contribution in [0.5, 0.6) is 0 Å². The van der Waals surface area contributed by atoms with Crippen LogP contribution in [0.1, 0.15) is 13.3 Å². The van der Waals surface area contributed by atoms with Gasteiger partial charge in [-0.3, -0.25) is 9.35 Å². The first-order chi connectivity index (χ1) is 8.61. The zero-order valence-electron chi connectivity index (χ0n) is 9.70. The first kappa shape index (κ1) is 15.9. The molecule has 19 heavy (non-hydrogen) atoms. The van der Waals surface area contributed by atoms with E-state index in [1.54, 1.807) is 0 Å². The summed E-state index contributed by atoms with van der Waals surface area (Å²) in [6, 6.07) is 2.05. The highest BCUT2D eigenvalue weighted by Crippen LogP contribution is 2.31. The molecule has 0 atom stereocenters. The van der Waals surface area contributed by atoms with Crippen LogP contribution in [-0.4, -0.2) is 24.6 Å². The molecule has 0 radical (unpaired) electrons. The molecule has 3 N–H and O–H groups in total. The molecule has 1 aromatic carbocycles. The molecule has 6 nitrogen and oxygen atoms in total. The summed E-state index contributed by atoms with van der Waals surface area (Å²) in [5, 5.41) is 9.20. The molecule has 0 aromatic heterocycles. The van der Waals surface area contributed by atoms with E-state index in [-0.39, 0.29) is 27.9 Å². The number of rotatable bonds is 4. The fourth-order valence-corrected chi connectivity index (χ4v) is 2.56. The number of anilines is 1. The molecule has 0 aliphatic rings. The van der Waals surface area contributed by atoms with E-state index in [9.17, 15) is 13.2 Å². The molecule has 0 spiro atoms. The maximum absolute atomic E-state index is 11.4. The molecule has 1 amide bonds. The standard InChI is InChI=1S/C10H10Cl2N2O4S/c1-5(13)2-10(15)14-8-3-7(12)9(4-6(8)11)19(16,17)18/h3-4,13H,2H2,1H3,(H,14,15)(H,16,17,18). The average molecular weight is 325 g/mol. The van der Waals surface area contributed by atoms with Gasteiger partial charge in [0.15, 0.2) is 0 Å². The number of halogens is 2. The zero-order chi connectivity index (χ0) is 14.8. The molecule has 0 bridgehead atoms. The minimum atomic E-state index is -4.48. The van der Waals surface area contributed by atoms with E-state index in [1.165, 1.54) is 6.92 Å². The van der Waals surface area contributed by atoms with Crippen LogP contribution in [0.4, 0.5) is 5.69 Å². The van der Waals surface area contributed by atoms with E-state index in [4.69, 9.17) is 33.2 Å². The smallest absolute Gasteiger partial charge is 0.296 e. The van der Waals surface area contributed by atoms with Crippen LogP contribution in [0.2, 0.25) is 10.0 Å². The number of amides is 1. The second-order valence-electron chi connectivity index (χ2n) is 3.74. The van der Waals surface area contributed by atoms with Crippen LogP contribution in [0.3, 0.4) is 0 Å². The minimum absolute atomic E-state index is 0.0898. The molecule has 9 heteroatoms. The van der Waals surface area contributed by atoms with Crippen LogP contribution in [0.25, 0.3) is 0 Å². The van der Waals surface area contributed by atoms with Gasteiger partial charge in [-0.1, -0.05) is 23.2 Å². The highest BCUT2D eigenvalue weighted by atomic mass is 35.5. The van der Waals surface area contributed by atoms with Crippen molar-refractivity contribution in [2.75, 3.05) is 5.32 Å². The Morgan fingerprint density at radius 2 is 1.95 bits per heavy atom. The average Bonchev–Trinajstić information content (AvgIpc) is 2.19. The van der Waals surface area contributed by atoms with Crippen molar-refractivity contribution in [3.8, 4) is 0 Å². The maximum Gasteiger partial charge on any atom is 0.296 e. The molecule has 0 saturated heterocycles. The summed E-state index contributed by atoms with van der Waals surface area (Å²) in [5.41, 5.74) is 0.264. The van der Waals surface area contributed by atoms with E-state index >= 15 is 0 Å². The largest absolute Gasteiger partial charge is 0.324 e. The Morgan fingerprint density at radius 3 is 2.42 bits per heavy atom. The van der Waals surface area contributed by atoms with Crippen molar-refractivity contribution < 1.29 is 17.8 Å². The number of hydrogen-bond donors (Lipinski definition) is 3. The van der Waals surface area contributed by atoms with E-state index in [0.29, 0.717) is 0 Å². The van der Waals surface area contributed by atoms with Gasteiger partial charge in [-0.05, 0) is 19.1 Å². The summed E-state index contributed by atoms with van der Waals surface area (Å²) >= 11 is 11.5. The second kappa shape index (κ2) is 5.87. The van der Waals surface area contributed by atoms with Crippen molar-refractivity contribution >= 4 is 50.6 Å². The van der Waals surface area contributed by atoms with Crippen molar-refractivity contribution in [1.82, 2.24) is 0 Å². The van der Waals surface area contributed by atoms with Crippen LogP contribution in [0, 0.1) is 5.41 Å². The summed E-state index contributed by atoms with van der Waals surface area (Å²) in [6.45, 7) is 1.47. The quantitative estimate of drug-likeness (QED) is 0.584. The maximum atomic E-state index is 11.4. The van der Waals surface area contributed by atoms with E-state index in [2.05, 4.69) is 5.32 Å². The van der Waals surface area contributed by atoms with Crippen LogP contribution in [0.15, 0.2) is 17.0 Å². The second-order valence-corrected chi connectivity index (χ2v) is 5.95. The SMILES string of the molecule is CC(=N)CC(=O)Nc1cc(Cl)c(S(=O)(=O)O)cc1Cl. The van der Waals surface area contributed by atoms with E-state index in [0.717, 1.165) is 12.1 Å². The van der Waals surface area contributed by atoms with Crippen molar-refractivity contribution in [2.45, 2.75) is 18.2 Å². The lowest BCUT2D eigenvalue weighted by molar-refractivity contribution is -0.115. The third-order valence-electron chi connectivity index (χ3n) is 2.00. The normalized spacial score (nSPS) is 11.2. The van der Waals surface area contributed by atoms with Crippen LogP contribution in [-0.2, 0) is 14.9 Å². The van der Waals surface area contributed by atoms with Crippen molar-refractivity contribution in [3.63, 3.8) is 0 Å². The van der Waals surface area contributed by atoms with E-state index < -0.39 is 20.9 Å². The summed E-state index contributed by atoms with van der Waals surface area (Å²) in [4.78, 5) is 10.9. The summed E-state index contributed by atoms with van der Waals surface area (Å²) < 4.78 is 30.9. The molecule has 0 unspecified atom stereocenters. The number of hydrogen-bond acceptors (Lipinski definition) is 4. The van der Waals surface area contributed by atoms with Gasteiger partial charge in [0.2, 0.25) is 5.91 Å². The lowest BCUT2D eigenvalue weighted by atomic mass is 10.2. The number of nitrogens with one attached hydrogen (secondary N) is 2. The fraction of sp³-hybridized carbons (Fsp3) is 0.200. The lowest BCUT2D eigenvalue weighted by Crippen LogP contribution is -2.15. The molecular formula is C10H10Cl2N2O4S. The first-order valence-electron chi connectivity index (χ1n) is 4.91. The van der Waals surface area contributed by atoms with Crippen LogP contribution >= 0.6 is 23.2 Å². The van der Waals surface area contributed by atoms with Gasteiger partial charge in [-0.25, -0.2) is 0 Å². The van der Waals surface area contributed by atoms with Gasteiger partial charge in [-0.2, -0.15) is 8.42 Å². The van der Waals surface area contributed by atoms with Gasteiger partial charge in [0.05, 0.1) is 22.2 Å². The predicted octanol–water partition coefficient (Wildman–Crippen LogP) is 2.61. The predicted molar refractivity (Wildman–Crippen MR) is 72.9 cm³/mol. The minimum Gasteiger partial charge on any atom is -0.324 e. The monoisotopic (exact) mass is 324 g/mol. The van der Waals surface area contributed by atoms with Gasteiger partial charge in [0.1, 0.15) is 4.90 Å². The summed E-state index contributed by atoms with van der Waals surface area (Å²) in [6.07, 6.45) is -0.117. The summed E-state index contributed by atoms with van der Waals surface area (Å²) in [5.74, 6) is -0.481. The van der Waals surface area contributed by atoms with Gasteiger partial charge in [0.25, 0.3) is 10.1 Å². The van der Waals surface area contributed by atoms with Crippen molar-refractivity contribution in [1.29, 1.82) is 5.41 Å². The first-order valence-corrected chi connectivity index (χ1v) is 7.11. The number of carbonyl (C=O) groups is 1. The lowest BCUT2D eigenvalue weighted by Gasteiger charge is -2.09. The van der Waals surface area contributed by atoms with E-state index in [1.807, 2.05) is 0 Å². The van der Waals surface area contributed by atoms with Crippen molar-refractivity contribution in [3.05, 3.63) is 22.2 Å². The fourth-order valence-electron chi connectivity index (χ4n) is 1.26. The molecule has 0 aliphatic heterocycles. The number of carbonyl (C=O) groups excluding carboxylic acids is 1. The third kappa shape index (κ3) is 4.46. The van der Waals surface area contributed by atoms with Gasteiger partial charge in [-0.15, -0.1) is 0 Å². The molecular weight excluding hydrogens is 315 g/mol. The molecule has 104 valence electrons. The topological polar surface area (TPSA) is 107 Å². The number of benzene rings is 1. The Bertz CT molecular complexity index is 643. The molecule has 0 heterocycles. The molecule has 0 fully saturated rings. The van der Waals surface area contributed by atoms with Gasteiger partial charge in [0, 0.05) is 5.71 Å². The Kier molecular flexibility index (Phi) is 4.92. The van der Waals surface area contributed by atoms with Crippen LogP contribution < -0.4 is 5.32 Å². The van der Waals surface area contributed by atoms with Crippen molar-refractivity contribution in [2.24, 2.45) is 0 Å². The molecule has 1 aromatic rings.